The lowest BCUT2D eigenvalue weighted by Gasteiger charge is -2.28. The average molecular weight is 280 g/mol. The van der Waals surface area contributed by atoms with Gasteiger partial charge in [-0.2, -0.15) is 0 Å². The molecule has 1 aromatic heterocycles. The smallest absolute Gasteiger partial charge is 0.254 e. The van der Waals surface area contributed by atoms with Gasteiger partial charge in [-0.15, -0.1) is 0 Å². The summed E-state index contributed by atoms with van der Waals surface area (Å²) in [6, 6.07) is 1.41. The number of carbonyl (C=O) groups excluding carboxylic acids is 1. The molecule has 1 unspecified atom stereocenters. The Morgan fingerprint density at radius 1 is 1.45 bits per heavy atom. The van der Waals surface area contributed by atoms with Gasteiger partial charge in [0.05, 0.1) is 5.56 Å². The van der Waals surface area contributed by atoms with Crippen LogP contribution in [0.3, 0.4) is 0 Å². The van der Waals surface area contributed by atoms with Gasteiger partial charge in [-0.3, -0.25) is 4.79 Å². The number of pyridine rings is 1. The Morgan fingerprint density at radius 3 is 2.80 bits per heavy atom. The topological polar surface area (TPSA) is 80.0 Å². The molecule has 5 nitrogen and oxygen atoms in total. The maximum atomic E-state index is 14.0. The van der Waals surface area contributed by atoms with E-state index in [9.17, 15) is 9.18 Å². The quantitative estimate of drug-likeness (QED) is 0.583. The molecule has 0 radical (unpaired) electrons. The molecule has 0 spiro atoms. The molecule has 6 heteroatoms. The lowest BCUT2D eigenvalue weighted by atomic mass is 9.84. The highest BCUT2D eigenvalue weighted by Gasteiger charge is 2.23. The molecular weight excluding hydrogens is 259 g/mol. The molecule has 0 bridgehead atoms. The van der Waals surface area contributed by atoms with Crippen LogP contribution in [-0.4, -0.2) is 16.9 Å². The van der Waals surface area contributed by atoms with Crippen LogP contribution < -0.4 is 16.6 Å². The molecule has 1 saturated carbocycles. The first-order valence-corrected chi connectivity index (χ1v) is 7.05. The van der Waals surface area contributed by atoms with E-state index in [0.29, 0.717) is 5.92 Å². The molecule has 1 amide bonds. The predicted octanol–water partition coefficient (Wildman–Crippen LogP) is 2.20. The second-order valence-electron chi connectivity index (χ2n) is 5.33. The van der Waals surface area contributed by atoms with Gasteiger partial charge in [0.25, 0.3) is 5.91 Å². The molecule has 1 aliphatic carbocycles. The fraction of sp³-hybridized carbons (Fsp3) is 0.571. The molecule has 4 N–H and O–H groups in total. The summed E-state index contributed by atoms with van der Waals surface area (Å²) in [4.78, 5) is 15.9. The van der Waals surface area contributed by atoms with Gasteiger partial charge in [-0.1, -0.05) is 19.3 Å². The van der Waals surface area contributed by atoms with Gasteiger partial charge < -0.3 is 10.7 Å². The van der Waals surface area contributed by atoms with Gasteiger partial charge in [-0.25, -0.2) is 15.2 Å². The molecule has 110 valence electrons. The predicted molar refractivity (Wildman–Crippen MR) is 75.5 cm³/mol. The van der Waals surface area contributed by atoms with Crippen molar-refractivity contribution in [3.8, 4) is 0 Å². The van der Waals surface area contributed by atoms with Gasteiger partial charge in [0.15, 0.2) is 11.6 Å². The Kier molecular flexibility index (Phi) is 4.89. The van der Waals surface area contributed by atoms with Crippen LogP contribution in [0.25, 0.3) is 0 Å². The van der Waals surface area contributed by atoms with Gasteiger partial charge in [0, 0.05) is 12.2 Å². The first-order valence-electron chi connectivity index (χ1n) is 7.05. The molecule has 0 aromatic carbocycles. The van der Waals surface area contributed by atoms with Crippen LogP contribution in [0.5, 0.6) is 0 Å². The number of nitrogens with one attached hydrogen (secondary N) is 2. The molecule has 1 atom stereocenters. The highest BCUT2D eigenvalue weighted by molar-refractivity contribution is 5.95. The van der Waals surface area contributed by atoms with E-state index in [0.717, 1.165) is 12.8 Å². The number of nitrogens with two attached hydrogens (primary N) is 1. The standard InChI is InChI=1S/C14H21FN4O/c1-9(10-5-3-2-4-6-10)18-14(20)11-7-8-17-13(19-16)12(11)15/h7-10H,2-6,16H2,1H3,(H,17,19)(H,18,20). The van der Waals surface area contributed by atoms with E-state index in [1.54, 1.807) is 0 Å². The summed E-state index contributed by atoms with van der Waals surface area (Å²) in [5.41, 5.74) is 2.11. The van der Waals surface area contributed by atoms with Gasteiger partial charge >= 0.3 is 0 Å². The monoisotopic (exact) mass is 280 g/mol. The number of hydrogen-bond acceptors (Lipinski definition) is 4. The number of hydrazine groups is 1. The summed E-state index contributed by atoms with van der Waals surface area (Å²) < 4.78 is 14.0. The van der Waals surface area contributed by atoms with Crippen molar-refractivity contribution in [2.24, 2.45) is 11.8 Å². The Balaban J connectivity index is 2.04. The number of carbonyl (C=O) groups is 1. The third-order valence-electron chi connectivity index (χ3n) is 3.99. The summed E-state index contributed by atoms with van der Waals surface area (Å²) in [7, 11) is 0. The number of hydrogen-bond donors (Lipinski definition) is 3. The number of aromatic nitrogens is 1. The summed E-state index contributed by atoms with van der Waals surface area (Å²) in [6.07, 6.45) is 7.28. The average Bonchev–Trinajstić information content (AvgIpc) is 2.48. The van der Waals surface area contributed by atoms with Crippen molar-refractivity contribution >= 4 is 11.7 Å². The van der Waals surface area contributed by atoms with E-state index in [2.05, 4.69) is 15.7 Å². The Bertz CT molecular complexity index is 474. The maximum absolute atomic E-state index is 14.0. The van der Waals surface area contributed by atoms with Gasteiger partial charge in [0.1, 0.15) is 0 Å². The highest BCUT2D eigenvalue weighted by atomic mass is 19.1. The molecule has 0 aliphatic heterocycles. The lowest BCUT2D eigenvalue weighted by Crippen LogP contribution is -2.39. The second-order valence-corrected chi connectivity index (χ2v) is 5.33. The first kappa shape index (κ1) is 14.7. The van der Waals surface area contributed by atoms with E-state index in [1.165, 1.54) is 31.5 Å². The fourth-order valence-corrected chi connectivity index (χ4v) is 2.76. The van der Waals surface area contributed by atoms with E-state index < -0.39 is 11.7 Å². The molecule has 2 rings (SSSR count). The molecule has 1 aliphatic rings. The minimum absolute atomic E-state index is 0.0318. The van der Waals surface area contributed by atoms with Crippen LogP contribution in [0, 0.1) is 11.7 Å². The van der Waals surface area contributed by atoms with Crippen LogP contribution >= 0.6 is 0 Å². The maximum Gasteiger partial charge on any atom is 0.254 e. The minimum atomic E-state index is -0.719. The minimum Gasteiger partial charge on any atom is -0.349 e. The third kappa shape index (κ3) is 3.25. The zero-order valence-corrected chi connectivity index (χ0v) is 11.7. The van der Waals surface area contributed by atoms with Gasteiger partial charge in [0.2, 0.25) is 0 Å². The van der Waals surface area contributed by atoms with E-state index in [4.69, 9.17) is 5.84 Å². The first-order chi connectivity index (χ1) is 9.63. The number of rotatable bonds is 4. The van der Waals surface area contributed by atoms with Crippen LogP contribution in [0.4, 0.5) is 10.2 Å². The molecule has 1 fully saturated rings. The van der Waals surface area contributed by atoms with Crippen molar-refractivity contribution < 1.29 is 9.18 Å². The number of halogens is 1. The number of amides is 1. The van der Waals surface area contributed by atoms with Crippen molar-refractivity contribution in [2.45, 2.75) is 45.1 Å². The molecule has 20 heavy (non-hydrogen) atoms. The SMILES string of the molecule is CC(NC(=O)c1ccnc(NN)c1F)C1CCCCC1. The Labute approximate surface area is 118 Å². The number of nitrogen functional groups attached to an aromatic ring is 1. The molecule has 0 saturated heterocycles. The van der Waals surface area contributed by atoms with Crippen molar-refractivity contribution in [2.75, 3.05) is 5.43 Å². The van der Waals surface area contributed by atoms with Crippen LogP contribution in [0.2, 0.25) is 0 Å². The highest BCUT2D eigenvalue weighted by Crippen LogP contribution is 2.26. The van der Waals surface area contributed by atoms with Crippen LogP contribution in [0.1, 0.15) is 49.4 Å². The van der Waals surface area contributed by atoms with Crippen LogP contribution in [-0.2, 0) is 0 Å². The normalized spacial score (nSPS) is 17.6. The molecular formula is C14H21FN4O. The second kappa shape index (κ2) is 6.65. The summed E-state index contributed by atoms with van der Waals surface area (Å²) in [5.74, 6) is 4.37. The van der Waals surface area contributed by atoms with Crippen molar-refractivity contribution in [3.05, 3.63) is 23.6 Å². The lowest BCUT2D eigenvalue weighted by molar-refractivity contribution is 0.0915. The number of anilines is 1. The van der Waals surface area contributed by atoms with Crippen molar-refractivity contribution in [1.82, 2.24) is 10.3 Å². The van der Waals surface area contributed by atoms with Crippen molar-refractivity contribution in [3.63, 3.8) is 0 Å². The third-order valence-corrected chi connectivity index (χ3v) is 3.99. The van der Waals surface area contributed by atoms with Crippen molar-refractivity contribution in [1.29, 1.82) is 0 Å². The fourth-order valence-electron chi connectivity index (χ4n) is 2.76. The van der Waals surface area contributed by atoms with E-state index >= 15 is 0 Å². The van der Waals surface area contributed by atoms with E-state index in [1.807, 2.05) is 6.92 Å². The van der Waals surface area contributed by atoms with Crippen LogP contribution in [0.15, 0.2) is 12.3 Å². The van der Waals surface area contributed by atoms with Gasteiger partial charge in [-0.05, 0) is 31.7 Å². The molecule has 1 aromatic rings. The summed E-state index contributed by atoms with van der Waals surface area (Å²) >= 11 is 0. The summed E-state index contributed by atoms with van der Waals surface area (Å²) in [5, 5.41) is 2.88. The molecule has 1 heterocycles. The zero-order chi connectivity index (χ0) is 14.5. The zero-order valence-electron chi connectivity index (χ0n) is 11.7. The Morgan fingerprint density at radius 2 is 2.15 bits per heavy atom. The Hall–Kier alpha value is -1.69. The summed E-state index contributed by atoms with van der Waals surface area (Å²) in [6.45, 7) is 1.98. The van der Waals surface area contributed by atoms with E-state index in [-0.39, 0.29) is 17.4 Å². The number of nitrogens with zero attached hydrogens (tertiary/aromatic N) is 1. The largest absolute Gasteiger partial charge is 0.349 e.